The molecule has 0 aliphatic rings. The van der Waals surface area contributed by atoms with Crippen LogP contribution in [0.4, 0.5) is 0 Å². The summed E-state index contributed by atoms with van der Waals surface area (Å²) in [5.74, 6) is 0.868. The number of para-hydroxylation sites is 1. The van der Waals surface area contributed by atoms with Crippen molar-refractivity contribution in [3.8, 4) is 5.75 Å². The SMILES string of the molecule is CCC(N)c1ccccc1OCc1ccccc1Br. The average Bonchev–Trinajstić information content (AvgIpc) is 2.46. The molecule has 19 heavy (non-hydrogen) atoms. The molecule has 0 saturated heterocycles. The second kappa shape index (κ2) is 6.73. The Hall–Kier alpha value is -1.32. The van der Waals surface area contributed by atoms with Crippen molar-refractivity contribution < 1.29 is 4.74 Å². The van der Waals surface area contributed by atoms with Crippen LogP contribution in [-0.4, -0.2) is 0 Å². The number of benzene rings is 2. The molecule has 0 fully saturated rings. The lowest BCUT2D eigenvalue weighted by Crippen LogP contribution is -2.10. The second-order valence-electron chi connectivity index (χ2n) is 4.43. The molecular formula is C16H18BrNO. The molecule has 3 heteroatoms. The minimum absolute atomic E-state index is 0.0235. The Kier molecular flexibility index (Phi) is 5.00. The van der Waals surface area contributed by atoms with E-state index in [4.69, 9.17) is 10.5 Å². The van der Waals surface area contributed by atoms with Gasteiger partial charge in [-0.3, -0.25) is 0 Å². The van der Waals surface area contributed by atoms with Crippen LogP contribution in [0.5, 0.6) is 5.75 Å². The maximum absolute atomic E-state index is 6.10. The lowest BCUT2D eigenvalue weighted by molar-refractivity contribution is 0.300. The molecule has 0 amide bonds. The lowest BCUT2D eigenvalue weighted by Gasteiger charge is -2.16. The van der Waals surface area contributed by atoms with Crippen LogP contribution in [0.3, 0.4) is 0 Å². The Balaban J connectivity index is 2.14. The van der Waals surface area contributed by atoms with Crippen molar-refractivity contribution in [2.75, 3.05) is 0 Å². The number of ether oxygens (including phenoxy) is 1. The zero-order valence-electron chi connectivity index (χ0n) is 11.0. The van der Waals surface area contributed by atoms with E-state index in [1.54, 1.807) is 0 Å². The van der Waals surface area contributed by atoms with Gasteiger partial charge < -0.3 is 10.5 Å². The fourth-order valence-corrected chi connectivity index (χ4v) is 2.31. The molecule has 0 saturated carbocycles. The van der Waals surface area contributed by atoms with Crippen molar-refractivity contribution in [2.45, 2.75) is 26.0 Å². The van der Waals surface area contributed by atoms with Gasteiger partial charge in [0.25, 0.3) is 0 Å². The Morgan fingerprint density at radius 2 is 1.79 bits per heavy atom. The molecule has 0 radical (unpaired) electrons. The first-order chi connectivity index (χ1) is 9.22. The number of rotatable bonds is 5. The fourth-order valence-electron chi connectivity index (χ4n) is 1.91. The van der Waals surface area contributed by atoms with Gasteiger partial charge in [0.1, 0.15) is 12.4 Å². The first kappa shape index (κ1) is 14.1. The number of halogens is 1. The van der Waals surface area contributed by atoms with Crippen molar-refractivity contribution in [3.05, 3.63) is 64.1 Å². The van der Waals surface area contributed by atoms with Gasteiger partial charge >= 0.3 is 0 Å². The van der Waals surface area contributed by atoms with Crippen molar-refractivity contribution in [3.63, 3.8) is 0 Å². The normalized spacial score (nSPS) is 12.2. The van der Waals surface area contributed by atoms with Crippen LogP contribution in [0.15, 0.2) is 53.0 Å². The molecule has 2 N–H and O–H groups in total. The first-order valence-electron chi connectivity index (χ1n) is 6.43. The van der Waals surface area contributed by atoms with E-state index in [1.807, 2.05) is 48.5 Å². The lowest BCUT2D eigenvalue weighted by atomic mass is 10.0. The second-order valence-corrected chi connectivity index (χ2v) is 5.29. The zero-order chi connectivity index (χ0) is 13.7. The summed E-state index contributed by atoms with van der Waals surface area (Å²) in [6.07, 6.45) is 0.898. The Morgan fingerprint density at radius 3 is 2.53 bits per heavy atom. The molecule has 1 unspecified atom stereocenters. The summed E-state index contributed by atoms with van der Waals surface area (Å²) in [5, 5.41) is 0. The molecule has 0 aliphatic heterocycles. The van der Waals surface area contributed by atoms with E-state index in [-0.39, 0.29) is 6.04 Å². The molecule has 1 atom stereocenters. The van der Waals surface area contributed by atoms with Gasteiger partial charge in [-0.2, -0.15) is 0 Å². The predicted octanol–water partition coefficient (Wildman–Crippen LogP) is 4.44. The number of hydrogen-bond acceptors (Lipinski definition) is 2. The quantitative estimate of drug-likeness (QED) is 0.884. The van der Waals surface area contributed by atoms with Crippen LogP contribution in [0, 0.1) is 0 Å². The van der Waals surface area contributed by atoms with E-state index in [0.717, 1.165) is 27.8 Å². The zero-order valence-corrected chi connectivity index (χ0v) is 12.6. The molecule has 2 aromatic carbocycles. The summed E-state index contributed by atoms with van der Waals surface area (Å²) >= 11 is 3.53. The minimum Gasteiger partial charge on any atom is -0.489 e. The molecule has 0 aromatic heterocycles. The smallest absolute Gasteiger partial charge is 0.124 e. The van der Waals surface area contributed by atoms with Gasteiger partial charge in [0.2, 0.25) is 0 Å². The monoisotopic (exact) mass is 319 g/mol. The van der Waals surface area contributed by atoms with E-state index in [2.05, 4.69) is 22.9 Å². The molecule has 0 spiro atoms. The van der Waals surface area contributed by atoms with Crippen LogP contribution in [0.2, 0.25) is 0 Å². The van der Waals surface area contributed by atoms with Crippen LogP contribution < -0.4 is 10.5 Å². The molecule has 2 rings (SSSR count). The third-order valence-electron chi connectivity index (χ3n) is 3.10. The highest BCUT2D eigenvalue weighted by atomic mass is 79.9. The summed E-state index contributed by atoms with van der Waals surface area (Å²) in [7, 11) is 0. The topological polar surface area (TPSA) is 35.2 Å². The summed E-state index contributed by atoms with van der Waals surface area (Å²) in [5.41, 5.74) is 8.30. The van der Waals surface area contributed by atoms with E-state index in [9.17, 15) is 0 Å². The van der Waals surface area contributed by atoms with E-state index >= 15 is 0 Å². The van der Waals surface area contributed by atoms with E-state index in [0.29, 0.717) is 6.61 Å². The summed E-state index contributed by atoms with van der Waals surface area (Å²) < 4.78 is 6.98. The van der Waals surface area contributed by atoms with Gasteiger partial charge in [-0.25, -0.2) is 0 Å². The van der Waals surface area contributed by atoms with Crippen molar-refractivity contribution in [1.29, 1.82) is 0 Å². The molecule has 0 aliphatic carbocycles. The molecular weight excluding hydrogens is 302 g/mol. The van der Waals surface area contributed by atoms with Crippen molar-refractivity contribution >= 4 is 15.9 Å². The van der Waals surface area contributed by atoms with Crippen molar-refractivity contribution in [2.24, 2.45) is 5.73 Å². The fraction of sp³-hybridized carbons (Fsp3) is 0.250. The Morgan fingerprint density at radius 1 is 1.11 bits per heavy atom. The third kappa shape index (κ3) is 3.58. The maximum atomic E-state index is 6.10. The minimum atomic E-state index is 0.0235. The molecule has 0 bridgehead atoms. The van der Waals surface area contributed by atoms with Crippen LogP contribution >= 0.6 is 15.9 Å². The van der Waals surface area contributed by atoms with Gasteiger partial charge in [0.05, 0.1) is 0 Å². The van der Waals surface area contributed by atoms with Crippen LogP contribution in [-0.2, 0) is 6.61 Å². The van der Waals surface area contributed by atoms with Crippen LogP contribution in [0.25, 0.3) is 0 Å². The number of hydrogen-bond donors (Lipinski definition) is 1. The molecule has 2 nitrogen and oxygen atoms in total. The summed E-state index contributed by atoms with van der Waals surface area (Å²) in [6, 6.07) is 16.1. The molecule has 2 aromatic rings. The molecule has 0 heterocycles. The van der Waals surface area contributed by atoms with Gasteiger partial charge in [-0.1, -0.05) is 59.3 Å². The Bertz CT molecular complexity index is 542. The van der Waals surface area contributed by atoms with Gasteiger partial charge in [0, 0.05) is 21.6 Å². The Labute approximate surface area is 122 Å². The third-order valence-corrected chi connectivity index (χ3v) is 3.87. The van der Waals surface area contributed by atoms with Gasteiger partial charge in [-0.05, 0) is 18.6 Å². The largest absolute Gasteiger partial charge is 0.489 e. The van der Waals surface area contributed by atoms with Gasteiger partial charge in [-0.15, -0.1) is 0 Å². The van der Waals surface area contributed by atoms with E-state index < -0.39 is 0 Å². The maximum Gasteiger partial charge on any atom is 0.124 e. The van der Waals surface area contributed by atoms with Crippen LogP contribution in [0.1, 0.15) is 30.5 Å². The predicted molar refractivity (Wildman–Crippen MR) is 82.1 cm³/mol. The standard InChI is InChI=1S/C16H18BrNO/c1-2-15(18)13-8-4-6-10-16(13)19-11-12-7-3-5-9-14(12)17/h3-10,15H,2,11,18H2,1H3. The highest BCUT2D eigenvalue weighted by Crippen LogP contribution is 2.27. The average molecular weight is 320 g/mol. The summed E-state index contributed by atoms with van der Waals surface area (Å²) in [4.78, 5) is 0. The van der Waals surface area contributed by atoms with Crippen molar-refractivity contribution in [1.82, 2.24) is 0 Å². The summed E-state index contributed by atoms with van der Waals surface area (Å²) in [6.45, 7) is 2.62. The first-order valence-corrected chi connectivity index (χ1v) is 7.22. The van der Waals surface area contributed by atoms with E-state index in [1.165, 1.54) is 0 Å². The number of nitrogens with two attached hydrogens (primary N) is 1. The highest BCUT2D eigenvalue weighted by molar-refractivity contribution is 9.10. The molecule has 100 valence electrons. The highest BCUT2D eigenvalue weighted by Gasteiger charge is 2.10. The van der Waals surface area contributed by atoms with Gasteiger partial charge in [0.15, 0.2) is 0 Å².